The smallest absolute Gasteiger partial charge is 0.236 e. The van der Waals surface area contributed by atoms with Gasteiger partial charge >= 0.3 is 0 Å². The second kappa shape index (κ2) is 7.40. The number of fused-ring (bicyclic) bond motifs is 1. The first-order chi connectivity index (χ1) is 13.3. The third kappa shape index (κ3) is 3.70. The molecule has 1 amide bonds. The quantitative estimate of drug-likeness (QED) is 0.789. The van der Waals surface area contributed by atoms with E-state index in [1.165, 1.54) is 21.9 Å². The Hall–Kier alpha value is -1.48. The molecule has 1 fully saturated rings. The molecule has 2 heterocycles. The van der Waals surface area contributed by atoms with E-state index in [1.807, 2.05) is 24.3 Å². The monoisotopic (exact) mass is 439 g/mol. The summed E-state index contributed by atoms with van der Waals surface area (Å²) in [6, 6.07) is 7.52. The van der Waals surface area contributed by atoms with E-state index in [0.717, 1.165) is 41.8 Å². The van der Waals surface area contributed by atoms with Crippen molar-refractivity contribution in [3.63, 3.8) is 0 Å². The zero-order valence-electron chi connectivity index (χ0n) is 15.6. The van der Waals surface area contributed by atoms with Gasteiger partial charge in [0, 0.05) is 29.4 Å². The van der Waals surface area contributed by atoms with Crippen molar-refractivity contribution in [3.8, 4) is 0 Å². The Morgan fingerprint density at radius 3 is 2.57 bits per heavy atom. The molecular weight excluding hydrogens is 418 g/mol. The van der Waals surface area contributed by atoms with E-state index < -0.39 is 15.4 Å². The fourth-order valence-corrected chi connectivity index (χ4v) is 6.13. The molecule has 0 radical (unpaired) electrons. The van der Waals surface area contributed by atoms with Crippen LogP contribution in [0.25, 0.3) is 0 Å². The van der Waals surface area contributed by atoms with Crippen LogP contribution in [0.4, 0.5) is 5.13 Å². The average Bonchev–Trinajstić information content (AvgIpc) is 3.28. The highest BCUT2D eigenvalue weighted by molar-refractivity contribution is 7.88. The summed E-state index contributed by atoms with van der Waals surface area (Å²) in [6.45, 7) is 0.752. The summed E-state index contributed by atoms with van der Waals surface area (Å²) in [5.41, 5.74) is 1.30. The number of aromatic nitrogens is 1. The number of thiazole rings is 1. The van der Waals surface area contributed by atoms with Gasteiger partial charge in [-0.3, -0.25) is 4.79 Å². The number of hydrogen-bond donors (Lipinski definition) is 1. The Kier molecular flexibility index (Phi) is 5.24. The SMILES string of the molecule is CS(=O)(=O)N1CCc2nc(NC(=O)C3(c4ccc(Cl)cc4)CCCC3)sc2C1. The summed E-state index contributed by atoms with van der Waals surface area (Å²) < 4.78 is 25.1. The number of amides is 1. The summed E-state index contributed by atoms with van der Waals surface area (Å²) in [4.78, 5) is 18.7. The maximum Gasteiger partial charge on any atom is 0.236 e. The van der Waals surface area contributed by atoms with Crippen molar-refractivity contribution in [1.82, 2.24) is 9.29 Å². The Morgan fingerprint density at radius 2 is 1.93 bits per heavy atom. The number of nitrogens with one attached hydrogen (secondary N) is 1. The molecule has 1 aliphatic carbocycles. The molecule has 28 heavy (non-hydrogen) atoms. The Balaban J connectivity index is 1.56. The Labute approximate surface area is 174 Å². The lowest BCUT2D eigenvalue weighted by molar-refractivity contribution is -0.121. The van der Waals surface area contributed by atoms with Gasteiger partial charge in [0.05, 0.1) is 17.4 Å². The fourth-order valence-electron chi connectivity index (χ4n) is 4.12. The van der Waals surface area contributed by atoms with Crippen LogP contribution in [0.1, 0.15) is 41.8 Å². The van der Waals surface area contributed by atoms with Gasteiger partial charge in [-0.2, -0.15) is 4.31 Å². The lowest BCUT2D eigenvalue weighted by atomic mass is 9.78. The van der Waals surface area contributed by atoms with Crippen LogP contribution >= 0.6 is 22.9 Å². The number of carbonyl (C=O) groups is 1. The molecule has 0 spiro atoms. The van der Waals surface area contributed by atoms with E-state index in [9.17, 15) is 13.2 Å². The van der Waals surface area contributed by atoms with Gasteiger partial charge in [-0.15, -0.1) is 11.3 Å². The van der Waals surface area contributed by atoms with Crippen LogP contribution in [0.3, 0.4) is 0 Å². The molecule has 1 aromatic heterocycles. The van der Waals surface area contributed by atoms with Crippen molar-refractivity contribution >= 4 is 44.0 Å². The van der Waals surface area contributed by atoms with Crippen molar-refractivity contribution in [2.45, 2.75) is 44.1 Å². The predicted molar refractivity (Wildman–Crippen MR) is 111 cm³/mol. The van der Waals surface area contributed by atoms with Gasteiger partial charge in [0.1, 0.15) is 0 Å². The number of rotatable bonds is 4. The molecule has 0 bridgehead atoms. The van der Waals surface area contributed by atoms with Gasteiger partial charge in [0.2, 0.25) is 15.9 Å². The minimum atomic E-state index is -3.23. The molecule has 1 saturated carbocycles. The predicted octanol–water partition coefficient (Wildman–Crippen LogP) is 3.56. The minimum Gasteiger partial charge on any atom is -0.301 e. The highest BCUT2D eigenvalue weighted by Gasteiger charge is 2.43. The minimum absolute atomic E-state index is 0.0432. The second-order valence-corrected chi connectivity index (χ2v) is 11.0. The van der Waals surface area contributed by atoms with Crippen LogP contribution in [0.15, 0.2) is 24.3 Å². The normalized spacial score (nSPS) is 19.4. The standard InChI is InChI=1S/C19H22ClN3O3S2/c1-28(25,26)23-11-8-15-16(12-23)27-18(21-15)22-17(24)19(9-2-3-10-19)13-4-6-14(20)7-5-13/h4-7H,2-3,8-12H2,1H3,(H,21,22,24). The van der Waals surface area contributed by atoms with Crippen LogP contribution in [-0.4, -0.2) is 36.4 Å². The zero-order valence-corrected chi connectivity index (χ0v) is 18.0. The van der Waals surface area contributed by atoms with Gasteiger partial charge in [-0.25, -0.2) is 13.4 Å². The van der Waals surface area contributed by atoms with Crippen molar-refractivity contribution in [2.75, 3.05) is 18.1 Å². The van der Waals surface area contributed by atoms with Gasteiger partial charge < -0.3 is 5.32 Å². The Bertz CT molecular complexity index is 996. The largest absolute Gasteiger partial charge is 0.301 e. The molecule has 0 atom stereocenters. The van der Waals surface area contributed by atoms with Crippen molar-refractivity contribution < 1.29 is 13.2 Å². The molecule has 2 aliphatic rings. The van der Waals surface area contributed by atoms with Gasteiger partial charge in [0.25, 0.3) is 0 Å². The van der Waals surface area contributed by atoms with Gasteiger partial charge in [0.15, 0.2) is 5.13 Å². The van der Waals surface area contributed by atoms with Crippen LogP contribution in [0.2, 0.25) is 5.02 Å². The van der Waals surface area contributed by atoms with Crippen LogP contribution in [0, 0.1) is 0 Å². The molecule has 1 aromatic carbocycles. The number of halogens is 1. The summed E-state index contributed by atoms with van der Waals surface area (Å²) in [5.74, 6) is -0.0432. The number of hydrogen-bond acceptors (Lipinski definition) is 5. The molecule has 4 rings (SSSR count). The van der Waals surface area contributed by atoms with Crippen molar-refractivity contribution in [3.05, 3.63) is 45.4 Å². The molecule has 2 aromatic rings. The molecule has 6 nitrogen and oxygen atoms in total. The Morgan fingerprint density at radius 1 is 1.25 bits per heavy atom. The third-order valence-corrected chi connectivity index (χ3v) is 8.17. The van der Waals surface area contributed by atoms with Crippen molar-refractivity contribution in [1.29, 1.82) is 0 Å². The van der Waals surface area contributed by atoms with Crippen LogP contribution in [-0.2, 0) is 33.2 Å². The summed E-state index contributed by atoms with van der Waals surface area (Å²) >= 11 is 7.39. The summed E-state index contributed by atoms with van der Waals surface area (Å²) in [6.07, 6.45) is 5.40. The van der Waals surface area contributed by atoms with Gasteiger partial charge in [-0.1, -0.05) is 36.6 Å². The molecule has 150 valence electrons. The first-order valence-corrected chi connectivity index (χ1v) is 12.3. The third-order valence-electron chi connectivity index (χ3n) is 5.67. The van der Waals surface area contributed by atoms with E-state index in [-0.39, 0.29) is 5.91 Å². The number of benzene rings is 1. The first kappa shape index (κ1) is 19.8. The molecule has 0 saturated heterocycles. The summed E-state index contributed by atoms with van der Waals surface area (Å²) in [5, 5.41) is 4.22. The molecular formula is C19H22ClN3O3S2. The topological polar surface area (TPSA) is 79.4 Å². The van der Waals surface area contributed by atoms with E-state index in [1.54, 1.807) is 0 Å². The fraction of sp³-hybridized carbons (Fsp3) is 0.474. The maximum absolute atomic E-state index is 13.3. The van der Waals surface area contributed by atoms with Crippen LogP contribution in [0.5, 0.6) is 0 Å². The van der Waals surface area contributed by atoms with Gasteiger partial charge in [-0.05, 0) is 30.5 Å². The van der Waals surface area contributed by atoms with E-state index >= 15 is 0 Å². The highest BCUT2D eigenvalue weighted by Crippen LogP contribution is 2.43. The average molecular weight is 440 g/mol. The van der Waals surface area contributed by atoms with Crippen LogP contribution < -0.4 is 5.32 Å². The highest BCUT2D eigenvalue weighted by atomic mass is 35.5. The lowest BCUT2D eigenvalue weighted by Crippen LogP contribution is -2.38. The number of nitrogens with zero attached hydrogens (tertiary/aromatic N) is 2. The lowest BCUT2D eigenvalue weighted by Gasteiger charge is -2.27. The molecule has 9 heteroatoms. The first-order valence-electron chi connectivity index (χ1n) is 9.29. The number of carbonyl (C=O) groups excluding carboxylic acids is 1. The van der Waals surface area contributed by atoms with E-state index in [4.69, 9.17) is 11.6 Å². The van der Waals surface area contributed by atoms with E-state index in [0.29, 0.717) is 29.7 Å². The van der Waals surface area contributed by atoms with E-state index in [2.05, 4.69) is 10.3 Å². The molecule has 1 N–H and O–H groups in total. The molecule has 0 unspecified atom stereocenters. The maximum atomic E-state index is 13.3. The zero-order chi connectivity index (χ0) is 19.9. The molecule has 1 aliphatic heterocycles. The number of sulfonamides is 1. The van der Waals surface area contributed by atoms with Crippen molar-refractivity contribution in [2.24, 2.45) is 0 Å². The second-order valence-electron chi connectivity index (χ2n) is 7.49. The number of anilines is 1. The summed E-state index contributed by atoms with van der Waals surface area (Å²) in [7, 11) is -3.23.